The molecule has 23 heavy (non-hydrogen) atoms. The molecule has 0 spiro atoms. The molecule has 2 amide bonds. The van der Waals surface area contributed by atoms with Crippen LogP contribution >= 0.6 is 15.9 Å². The fourth-order valence-corrected chi connectivity index (χ4v) is 2.98. The molecule has 1 aliphatic heterocycles. The number of rotatable bonds is 4. The Hall–Kier alpha value is -1.85. The highest BCUT2D eigenvalue weighted by molar-refractivity contribution is 9.10. The van der Waals surface area contributed by atoms with Crippen LogP contribution < -0.4 is 10.6 Å². The maximum atomic E-state index is 12.0. The van der Waals surface area contributed by atoms with Gasteiger partial charge in [-0.25, -0.2) is 4.79 Å². The number of nitrogens with zero attached hydrogens (tertiary/aromatic N) is 1. The molecule has 0 bridgehead atoms. The summed E-state index contributed by atoms with van der Waals surface area (Å²) in [6, 6.07) is 15.3. The van der Waals surface area contributed by atoms with E-state index >= 15 is 0 Å². The molecule has 2 aromatic rings. The third-order valence-electron chi connectivity index (χ3n) is 3.92. The van der Waals surface area contributed by atoms with Gasteiger partial charge in [-0.2, -0.15) is 0 Å². The van der Waals surface area contributed by atoms with Crippen molar-refractivity contribution in [2.24, 2.45) is 0 Å². The number of carbonyl (C=O) groups excluding carboxylic acids is 1. The van der Waals surface area contributed by atoms with Crippen LogP contribution in [0.25, 0.3) is 0 Å². The Bertz CT molecular complexity index is 649. The molecule has 120 valence electrons. The van der Waals surface area contributed by atoms with Crippen molar-refractivity contribution in [3.63, 3.8) is 0 Å². The zero-order valence-corrected chi connectivity index (χ0v) is 14.5. The molecule has 5 heteroatoms. The number of anilines is 2. The first-order valence-corrected chi connectivity index (χ1v) is 8.63. The molecular formula is C18H20BrN3O. The van der Waals surface area contributed by atoms with Crippen LogP contribution in [0.1, 0.15) is 18.4 Å². The second-order valence-corrected chi connectivity index (χ2v) is 6.68. The van der Waals surface area contributed by atoms with Gasteiger partial charge in [0.1, 0.15) is 0 Å². The van der Waals surface area contributed by atoms with Crippen LogP contribution in [-0.2, 0) is 6.54 Å². The molecule has 0 aromatic heterocycles. The number of hydrogen-bond acceptors (Lipinski definition) is 2. The Morgan fingerprint density at radius 1 is 0.913 bits per heavy atom. The number of hydrogen-bond donors (Lipinski definition) is 2. The molecule has 1 saturated heterocycles. The summed E-state index contributed by atoms with van der Waals surface area (Å²) in [7, 11) is 0. The fraction of sp³-hybridized carbons (Fsp3) is 0.278. The van der Waals surface area contributed by atoms with Gasteiger partial charge in [-0.15, -0.1) is 0 Å². The Morgan fingerprint density at radius 3 is 2.00 bits per heavy atom. The summed E-state index contributed by atoms with van der Waals surface area (Å²) in [5, 5.41) is 5.66. The fourth-order valence-electron chi connectivity index (χ4n) is 2.72. The Balaban J connectivity index is 1.52. The number of halogens is 1. The van der Waals surface area contributed by atoms with Crippen LogP contribution in [0.15, 0.2) is 53.0 Å². The van der Waals surface area contributed by atoms with Crippen molar-refractivity contribution in [1.82, 2.24) is 4.90 Å². The first-order chi connectivity index (χ1) is 11.2. The van der Waals surface area contributed by atoms with Crippen molar-refractivity contribution in [3.8, 4) is 0 Å². The molecule has 0 atom stereocenters. The lowest BCUT2D eigenvalue weighted by Crippen LogP contribution is -2.20. The quantitative estimate of drug-likeness (QED) is 0.816. The molecule has 0 aliphatic carbocycles. The summed E-state index contributed by atoms with van der Waals surface area (Å²) in [6.07, 6.45) is 2.60. The van der Waals surface area contributed by atoms with Gasteiger partial charge in [0.25, 0.3) is 0 Å². The molecular weight excluding hydrogens is 354 g/mol. The van der Waals surface area contributed by atoms with Gasteiger partial charge in [0.15, 0.2) is 0 Å². The lowest BCUT2D eigenvalue weighted by molar-refractivity contribution is 0.262. The van der Waals surface area contributed by atoms with Crippen molar-refractivity contribution in [3.05, 3.63) is 58.6 Å². The molecule has 2 N–H and O–H groups in total. The van der Waals surface area contributed by atoms with E-state index in [-0.39, 0.29) is 6.03 Å². The van der Waals surface area contributed by atoms with Gasteiger partial charge in [-0.3, -0.25) is 4.90 Å². The van der Waals surface area contributed by atoms with E-state index in [1.807, 2.05) is 36.4 Å². The van der Waals surface area contributed by atoms with Crippen molar-refractivity contribution < 1.29 is 4.79 Å². The molecule has 0 saturated carbocycles. The number of nitrogens with one attached hydrogen (secondary N) is 2. The lowest BCUT2D eigenvalue weighted by atomic mass is 10.2. The third kappa shape index (κ3) is 4.81. The lowest BCUT2D eigenvalue weighted by Gasteiger charge is -2.15. The maximum Gasteiger partial charge on any atom is 0.323 e. The van der Waals surface area contributed by atoms with Crippen LogP contribution in [-0.4, -0.2) is 24.0 Å². The van der Waals surface area contributed by atoms with E-state index in [1.165, 1.54) is 31.5 Å². The monoisotopic (exact) mass is 373 g/mol. The van der Waals surface area contributed by atoms with Gasteiger partial charge in [0, 0.05) is 22.4 Å². The average Bonchev–Trinajstić information content (AvgIpc) is 3.04. The van der Waals surface area contributed by atoms with E-state index in [2.05, 4.69) is 43.6 Å². The molecule has 2 aromatic carbocycles. The predicted molar refractivity (Wildman–Crippen MR) is 97.7 cm³/mol. The van der Waals surface area contributed by atoms with Crippen LogP contribution in [0.4, 0.5) is 16.2 Å². The summed E-state index contributed by atoms with van der Waals surface area (Å²) in [5.41, 5.74) is 2.84. The highest BCUT2D eigenvalue weighted by Gasteiger charge is 2.11. The van der Waals surface area contributed by atoms with Crippen molar-refractivity contribution in [2.45, 2.75) is 19.4 Å². The predicted octanol–water partition coefficient (Wildman–Crippen LogP) is 4.69. The van der Waals surface area contributed by atoms with E-state index in [4.69, 9.17) is 0 Å². The molecule has 1 fully saturated rings. The van der Waals surface area contributed by atoms with E-state index < -0.39 is 0 Å². The minimum Gasteiger partial charge on any atom is -0.308 e. The van der Waals surface area contributed by atoms with Crippen LogP contribution in [0.2, 0.25) is 0 Å². The summed E-state index contributed by atoms with van der Waals surface area (Å²) in [5.74, 6) is 0. The van der Waals surface area contributed by atoms with Gasteiger partial charge in [-0.1, -0.05) is 28.1 Å². The summed E-state index contributed by atoms with van der Waals surface area (Å²) < 4.78 is 0.983. The maximum absolute atomic E-state index is 12.0. The molecule has 1 aliphatic rings. The SMILES string of the molecule is O=C(Nc1ccc(Br)cc1)Nc1ccc(CN2CCCC2)cc1. The van der Waals surface area contributed by atoms with Gasteiger partial charge < -0.3 is 10.6 Å². The molecule has 4 nitrogen and oxygen atoms in total. The van der Waals surface area contributed by atoms with Crippen molar-refractivity contribution >= 4 is 33.3 Å². The van der Waals surface area contributed by atoms with Crippen LogP contribution in [0.5, 0.6) is 0 Å². The first kappa shape index (κ1) is 16.0. The standard InChI is InChI=1S/C18H20BrN3O/c19-15-5-9-17(10-6-15)21-18(23)20-16-7-3-14(4-8-16)13-22-11-1-2-12-22/h3-10H,1-2,11-13H2,(H2,20,21,23). The molecule has 0 unspecified atom stereocenters. The number of urea groups is 1. The smallest absolute Gasteiger partial charge is 0.308 e. The van der Waals surface area contributed by atoms with E-state index in [1.54, 1.807) is 0 Å². The zero-order valence-electron chi connectivity index (χ0n) is 12.9. The van der Waals surface area contributed by atoms with E-state index in [0.29, 0.717) is 0 Å². The minimum atomic E-state index is -0.236. The Morgan fingerprint density at radius 2 is 1.43 bits per heavy atom. The van der Waals surface area contributed by atoms with E-state index in [9.17, 15) is 4.79 Å². The largest absolute Gasteiger partial charge is 0.323 e. The topological polar surface area (TPSA) is 44.4 Å². The Labute approximate surface area is 145 Å². The Kier molecular flexibility index (Phi) is 5.31. The summed E-state index contributed by atoms with van der Waals surface area (Å²) in [6.45, 7) is 3.37. The van der Waals surface area contributed by atoms with Crippen molar-refractivity contribution in [2.75, 3.05) is 23.7 Å². The first-order valence-electron chi connectivity index (χ1n) is 7.84. The third-order valence-corrected chi connectivity index (χ3v) is 4.45. The normalized spacial score (nSPS) is 14.7. The second-order valence-electron chi connectivity index (χ2n) is 5.77. The molecule has 0 radical (unpaired) electrons. The molecule has 3 rings (SSSR count). The van der Waals surface area contributed by atoms with E-state index in [0.717, 1.165) is 22.4 Å². The van der Waals surface area contributed by atoms with Gasteiger partial charge >= 0.3 is 6.03 Å². The summed E-state index contributed by atoms with van der Waals surface area (Å²) >= 11 is 3.37. The number of carbonyl (C=O) groups is 1. The summed E-state index contributed by atoms with van der Waals surface area (Å²) in [4.78, 5) is 14.4. The van der Waals surface area contributed by atoms with Gasteiger partial charge in [0.05, 0.1) is 0 Å². The minimum absolute atomic E-state index is 0.236. The number of amides is 2. The highest BCUT2D eigenvalue weighted by Crippen LogP contribution is 2.17. The van der Waals surface area contributed by atoms with Crippen LogP contribution in [0, 0.1) is 0 Å². The zero-order chi connectivity index (χ0) is 16.1. The highest BCUT2D eigenvalue weighted by atomic mass is 79.9. The average molecular weight is 374 g/mol. The number of benzene rings is 2. The van der Waals surface area contributed by atoms with Crippen LogP contribution in [0.3, 0.4) is 0 Å². The second kappa shape index (κ2) is 7.62. The van der Waals surface area contributed by atoms with Gasteiger partial charge in [0.2, 0.25) is 0 Å². The number of likely N-dealkylation sites (tertiary alicyclic amines) is 1. The van der Waals surface area contributed by atoms with Gasteiger partial charge in [-0.05, 0) is 67.9 Å². The molecule has 1 heterocycles. The van der Waals surface area contributed by atoms with Crippen molar-refractivity contribution in [1.29, 1.82) is 0 Å².